The lowest BCUT2D eigenvalue weighted by Crippen LogP contribution is -1.97. The van der Waals surface area contributed by atoms with E-state index in [1.165, 1.54) is 11.1 Å². The molecule has 0 aromatic carbocycles. The molecule has 0 aromatic rings. The Morgan fingerprint density at radius 2 is 1.31 bits per heavy atom. The van der Waals surface area contributed by atoms with Crippen molar-refractivity contribution in [2.24, 2.45) is 0 Å². The third-order valence-corrected chi connectivity index (χ3v) is 1.35. The van der Waals surface area contributed by atoms with Gasteiger partial charge in [-0.2, -0.15) is 8.42 Å². The van der Waals surface area contributed by atoms with Crippen LogP contribution in [-0.2, 0) is 15.1 Å². The van der Waals surface area contributed by atoms with Crippen LogP contribution in [0.15, 0.2) is 24.3 Å². The molecule has 6 heteroatoms. The predicted molar refractivity (Wildman–Crippen MR) is 63.9 cm³/mol. The lowest BCUT2D eigenvalue weighted by atomic mass is 10.2. The monoisotopic (exact) mass is 252 g/mol. The first kappa shape index (κ1) is 17.7. The molecule has 0 unspecified atom stereocenters. The summed E-state index contributed by atoms with van der Waals surface area (Å²) in [5, 5.41) is 0. The van der Waals surface area contributed by atoms with Crippen LogP contribution in [0.2, 0.25) is 0 Å². The van der Waals surface area contributed by atoms with Gasteiger partial charge < -0.3 is 4.74 Å². The quantitative estimate of drug-likeness (QED) is 0.430. The summed E-state index contributed by atoms with van der Waals surface area (Å²) < 4.78 is 36.9. The van der Waals surface area contributed by atoms with Crippen LogP contribution in [0, 0.1) is 0 Å². The van der Waals surface area contributed by atoms with Gasteiger partial charge in [-0.3, -0.25) is 9.11 Å². The average molecular weight is 252 g/mol. The van der Waals surface area contributed by atoms with E-state index in [4.69, 9.17) is 22.3 Å². The maximum Gasteiger partial charge on any atom is 0.394 e. The summed E-state index contributed by atoms with van der Waals surface area (Å²) in [6.07, 6.45) is 1.94. The van der Waals surface area contributed by atoms with Gasteiger partial charge >= 0.3 is 10.4 Å². The molecular weight excluding hydrogens is 232 g/mol. The first-order valence-corrected chi connectivity index (χ1v) is 6.09. The second-order valence-corrected chi connectivity index (χ2v) is 4.37. The van der Waals surface area contributed by atoms with Crippen molar-refractivity contribution in [3.63, 3.8) is 0 Å². The van der Waals surface area contributed by atoms with E-state index in [-0.39, 0.29) is 0 Å². The van der Waals surface area contributed by atoms with E-state index < -0.39 is 10.4 Å². The third-order valence-electron chi connectivity index (χ3n) is 1.35. The van der Waals surface area contributed by atoms with E-state index in [9.17, 15) is 0 Å². The lowest BCUT2D eigenvalue weighted by molar-refractivity contribution is 0.140. The van der Waals surface area contributed by atoms with Gasteiger partial charge in [0.1, 0.15) is 0 Å². The van der Waals surface area contributed by atoms with Crippen LogP contribution >= 0.6 is 0 Å². The zero-order chi connectivity index (χ0) is 13.2. The van der Waals surface area contributed by atoms with Crippen molar-refractivity contribution < 1.29 is 22.3 Å². The summed E-state index contributed by atoms with van der Waals surface area (Å²) in [6, 6.07) is 0. The van der Waals surface area contributed by atoms with Gasteiger partial charge in [-0.05, 0) is 26.7 Å². The Balaban J connectivity index is 0. The van der Waals surface area contributed by atoms with Crippen molar-refractivity contribution in [2.45, 2.75) is 26.7 Å². The smallest absolute Gasteiger partial charge is 0.381 e. The fraction of sp³-hybridized carbons (Fsp3) is 0.600. The molecule has 0 aromatic heterocycles. The van der Waals surface area contributed by atoms with Gasteiger partial charge in [-0.1, -0.05) is 11.1 Å². The highest BCUT2D eigenvalue weighted by atomic mass is 32.3. The highest BCUT2D eigenvalue weighted by Gasteiger charge is 1.89. The molecule has 2 N–H and O–H groups in total. The first-order valence-electron chi connectivity index (χ1n) is 4.69. The SMILES string of the molecule is C=C(C)CCOCCC(=C)C.O=S(=O)(O)O. The minimum absolute atomic E-state index is 0.794. The molecular formula is C10H20O5S. The number of hydrogen-bond donors (Lipinski definition) is 2. The van der Waals surface area contributed by atoms with Crippen molar-refractivity contribution in [1.82, 2.24) is 0 Å². The van der Waals surface area contributed by atoms with E-state index in [0.29, 0.717) is 0 Å². The summed E-state index contributed by atoms with van der Waals surface area (Å²) >= 11 is 0. The summed E-state index contributed by atoms with van der Waals surface area (Å²) in [7, 11) is -4.67. The van der Waals surface area contributed by atoms with Crippen LogP contribution in [0.25, 0.3) is 0 Å². The maximum atomic E-state index is 8.74. The number of ether oxygens (including phenoxy) is 1. The van der Waals surface area contributed by atoms with Crippen LogP contribution in [0.4, 0.5) is 0 Å². The molecule has 96 valence electrons. The van der Waals surface area contributed by atoms with Gasteiger partial charge in [-0.25, -0.2) is 0 Å². The second kappa shape index (κ2) is 9.53. The molecule has 5 nitrogen and oxygen atoms in total. The van der Waals surface area contributed by atoms with E-state index in [1.54, 1.807) is 0 Å². The van der Waals surface area contributed by atoms with Crippen LogP contribution < -0.4 is 0 Å². The molecule has 0 aliphatic heterocycles. The van der Waals surface area contributed by atoms with E-state index in [1.807, 2.05) is 13.8 Å². The first-order chi connectivity index (χ1) is 7.13. The van der Waals surface area contributed by atoms with Gasteiger partial charge in [0.2, 0.25) is 0 Å². The molecule has 16 heavy (non-hydrogen) atoms. The molecule has 0 heterocycles. The standard InChI is InChI=1S/C10H18O.H2O4S/c1-9(2)5-7-11-8-6-10(3)4;1-5(2,3)4/h1,3,5-8H2,2,4H3;(H2,1,2,3,4). The Labute approximate surface area is 97.4 Å². The Hall–Kier alpha value is -0.690. The maximum absolute atomic E-state index is 8.74. The third kappa shape index (κ3) is 37.7. The molecule has 0 aliphatic rings. The highest BCUT2D eigenvalue weighted by Crippen LogP contribution is 1.98. The van der Waals surface area contributed by atoms with Crippen LogP contribution in [-0.4, -0.2) is 30.7 Å². The summed E-state index contributed by atoms with van der Waals surface area (Å²) in [5.74, 6) is 0. The van der Waals surface area contributed by atoms with Crippen molar-refractivity contribution in [3.05, 3.63) is 24.3 Å². The molecule has 0 rings (SSSR count). The largest absolute Gasteiger partial charge is 0.394 e. The molecule has 0 amide bonds. The lowest BCUT2D eigenvalue weighted by Gasteiger charge is -2.02. The molecule has 0 fully saturated rings. The molecule has 0 radical (unpaired) electrons. The van der Waals surface area contributed by atoms with Crippen LogP contribution in [0.1, 0.15) is 26.7 Å². The van der Waals surface area contributed by atoms with Crippen LogP contribution in [0.3, 0.4) is 0 Å². The zero-order valence-corrected chi connectivity index (χ0v) is 10.6. The predicted octanol–water partition coefficient (Wildman–Crippen LogP) is 2.28. The van der Waals surface area contributed by atoms with E-state index >= 15 is 0 Å². The van der Waals surface area contributed by atoms with Gasteiger partial charge in [-0.15, -0.1) is 13.2 Å². The minimum atomic E-state index is -4.67. The molecule has 0 saturated carbocycles. The molecule has 0 aliphatic carbocycles. The van der Waals surface area contributed by atoms with Crippen LogP contribution in [0.5, 0.6) is 0 Å². The molecule has 0 atom stereocenters. The molecule has 0 bridgehead atoms. The van der Waals surface area contributed by atoms with E-state index in [2.05, 4.69) is 13.2 Å². The Kier molecular flexibility index (Phi) is 10.5. The fourth-order valence-corrected chi connectivity index (χ4v) is 0.595. The van der Waals surface area contributed by atoms with Gasteiger partial charge in [0.15, 0.2) is 0 Å². The van der Waals surface area contributed by atoms with Crippen molar-refractivity contribution in [2.75, 3.05) is 13.2 Å². The van der Waals surface area contributed by atoms with Crippen molar-refractivity contribution >= 4 is 10.4 Å². The minimum Gasteiger partial charge on any atom is -0.381 e. The summed E-state index contributed by atoms with van der Waals surface area (Å²) in [5.41, 5.74) is 2.36. The second-order valence-electron chi connectivity index (χ2n) is 3.47. The Bertz CT molecular complexity index is 281. The topological polar surface area (TPSA) is 83.8 Å². The van der Waals surface area contributed by atoms with Crippen molar-refractivity contribution in [3.8, 4) is 0 Å². The highest BCUT2D eigenvalue weighted by molar-refractivity contribution is 7.79. The number of rotatable bonds is 6. The van der Waals surface area contributed by atoms with Crippen molar-refractivity contribution in [1.29, 1.82) is 0 Å². The molecule has 0 spiro atoms. The molecule has 0 saturated heterocycles. The average Bonchev–Trinajstić information content (AvgIpc) is 1.99. The van der Waals surface area contributed by atoms with Gasteiger partial charge in [0.25, 0.3) is 0 Å². The Morgan fingerprint density at radius 3 is 1.50 bits per heavy atom. The fourth-order valence-electron chi connectivity index (χ4n) is 0.595. The number of hydrogen-bond acceptors (Lipinski definition) is 3. The summed E-state index contributed by atoms with van der Waals surface area (Å²) in [6.45, 7) is 13.2. The summed E-state index contributed by atoms with van der Waals surface area (Å²) in [4.78, 5) is 0. The van der Waals surface area contributed by atoms with E-state index in [0.717, 1.165) is 26.1 Å². The van der Waals surface area contributed by atoms with Gasteiger partial charge in [0, 0.05) is 0 Å². The Morgan fingerprint density at radius 1 is 1.06 bits per heavy atom. The normalized spacial score (nSPS) is 10.2. The zero-order valence-electron chi connectivity index (χ0n) is 9.77. The van der Waals surface area contributed by atoms with Gasteiger partial charge in [0.05, 0.1) is 13.2 Å².